The van der Waals surface area contributed by atoms with Gasteiger partial charge in [0.15, 0.2) is 0 Å². The molecule has 2 aromatic heterocycles. The summed E-state index contributed by atoms with van der Waals surface area (Å²) in [5.74, 6) is 0.329. The highest BCUT2D eigenvalue weighted by Gasteiger charge is 2.28. The van der Waals surface area contributed by atoms with E-state index < -0.39 is 0 Å². The molecule has 3 aromatic rings. The maximum absolute atomic E-state index is 12.8. The van der Waals surface area contributed by atoms with E-state index in [1.54, 1.807) is 18.6 Å². The summed E-state index contributed by atoms with van der Waals surface area (Å²) in [4.78, 5) is 28.3. The Morgan fingerprint density at radius 3 is 2.79 bits per heavy atom. The standard InChI is InChI=1S/C23H24N4O/c1-17-6-4-7-18(14-17)22-23(26-12-11-25-22)19-8-5-13-27(16-19)21(28)15-20-9-2-3-10-24-20/h2-4,6-7,9-12,14,19H,5,8,13,15-16H2,1H3/t19-/m0/s1. The molecule has 5 heteroatoms. The minimum absolute atomic E-state index is 0.129. The largest absolute Gasteiger partial charge is 0.342 e. The SMILES string of the molecule is Cc1cccc(-c2nccnc2[C@H]2CCCN(C(=O)Cc3ccccn3)C2)c1. The lowest BCUT2D eigenvalue weighted by molar-refractivity contribution is -0.131. The molecule has 3 heterocycles. The fourth-order valence-electron chi connectivity index (χ4n) is 3.86. The second-order valence-corrected chi connectivity index (χ2v) is 7.34. The number of carbonyl (C=O) groups excluding carboxylic acids is 1. The van der Waals surface area contributed by atoms with Crippen LogP contribution in [0.2, 0.25) is 0 Å². The van der Waals surface area contributed by atoms with Crippen LogP contribution in [0, 0.1) is 6.92 Å². The predicted octanol–water partition coefficient (Wildman–Crippen LogP) is 3.80. The molecule has 0 bridgehead atoms. The molecule has 1 fully saturated rings. The van der Waals surface area contributed by atoms with Crippen LogP contribution < -0.4 is 0 Å². The van der Waals surface area contributed by atoms with Crippen molar-refractivity contribution in [2.45, 2.75) is 32.1 Å². The van der Waals surface area contributed by atoms with Gasteiger partial charge in [-0.25, -0.2) is 0 Å². The Hall–Kier alpha value is -3.08. The Balaban J connectivity index is 1.55. The summed E-state index contributed by atoms with van der Waals surface area (Å²) in [6.45, 7) is 3.56. The molecule has 28 heavy (non-hydrogen) atoms. The highest BCUT2D eigenvalue weighted by molar-refractivity contribution is 5.78. The van der Waals surface area contributed by atoms with E-state index in [0.717, 1.165) is 42.0 Å². The lowest BCUT2D eigenvalue weighted by Gasteiger charge is -2.33. The summed E-state index contributed by atoms with van der Waals surface area (Å²) < 4.78 is 0. The van der Waals surface area contributed by atoms with Crippen LogP contribution in [-0.2, 0) is 11.2 Å². The number of piperidine rings is 1. The van der Waals surface area contributed by atoms with Gasteiger partial charge in [-0.05, 0) is 38.0 Å². The van der Waals surface area contributed by atoms with Gasteiger partial charge in [-0.3, -0.25) is 19.7 Å². The molecule has 1 saturated heterocycles. The summed E-state index contributed by atoms with van der Waals surface area (Å²) in [6.07, 6.45) is 7.57. The van der Waals surface area contributed by atoms with Crippen LogP contribution in [0.5, 0.6) is 0 Å². The highest BCUT2D eigenvalue weighted by Crippen LogP contribution is 2.32. The number of pyridine rings is 1. The van der Waals surface area contributed by atoms with Crippen molar-refractivity contribution in [1.82, 2.24) is 19.9 Å². The summed E-state index contributed by atoms with van der Waals surface area (Å²) in [6, 6.07) is 14.0. The van der Waals surface area contributed by atoms with Gasteiger partial charge in [-0.2, -0.15) is 0 Å². The second-order valence-electron chi connectivity index (χ2n) is 7.34. The quantitative estimate of drug-likeness (QED) is 0.699. The molecule has 5 nitrogen and oxygen atoms in total. The number of nitrogens with zero attached hydrogens (tertiary/aromatic N) is 4. The van der Waals surface area contributed by atoms with Gasteiger partial charge in [-0.15, -0.1) is 0 Å². The van der Waals surface area contributed by atoms with Crippen molar-refractivity contribution in [3.8, 4) is 11.3 Å². The monoisotopic (exact) mass is 372 g/mol. The van der Waals surface area contributed by atoms with Gasteiger partial charge in [0.2, 0.25) is 5.91 Å². The van der Waals surface area contributed by atoms with Gasteiger partial charge in [0.25, 0.3) is 0 Å². The van der Waals surface area contributed by atoms with E-state index in [9.17, 15) is 4.79 Å². The molecule has 0 N–H and O–H groups in total. The normalized spacial score (nSPS) is 16.8. The van der Waals surface area contributed by atoms with Crippen LogP contribution >= 0.6 is 0 Å². The fourth-order valence-corrected chi connectivity index (χ4v) is 3.86. The van der Waals surface area contributed by atoms with E-state index >= 15 is 0 Å². The number of likely N-dealkylation sites (tertiary alicyclic amines) is 1. The predicted molar refractivity (Wildman–Crippen MR) is 109 cm³/mol. The summed E-state index contributed by atoms with van der Waals surface area (Å²) in [5.41, 5.74) is 5.01. The Labute approximate surface area is 165 Å². The highest BCUT2D eigenvalue weighted by atomic mass is 16.2. The average molecular weight is 372 g/mol. The molecule has 4 rings (SSSR count). The Morgan fingerprint density at radius 2 is 1.96 bits per heavy atom. The van der Waals surface area contributed by atoms with Crippen LogP contribution in [0.1, 0.15) is 35.7 Å². The first-order valence-corrected chi connectivity index (χ1v) is 9.76. The number of hydrogen-bond donors (Lipinski definition) is 0. The van der Waals surface area contributed by atoms with Crippen molar-refractivity contribution < 1.29 is 4.79 Å². The van der Waals surface area contributed by atoms with Gasteiger partial charge >= 0.3 is 0 Å². The van der Waals surface area contributed by atoms with Gasteiger partial charge in [0.05, 0.1) is 17.8 Å². The fraction of sp³-hybridized carbons (Fsp3) is 0.304. The smallest absolute Gasteiger partial charge is 0.228 e. The number of benzene rings is 1. The second kappa shape index (κ2) is 8.30. The molecular formula is C23H24N4O. The molecule has 0 saturated carbocycles. The first-order valence-electron chi connectivity index (χ1n) is 9.76. The molecule has 0 aliphatic carbocycles. The number of aryl methyl sites for hydroxylation is 1. The van der Waals surface area contributed by atoms with Crippen molar-refractivity contribution in [2.75, 3.05) is 13.1 Å². The third-order valence-corrected chi connectivity index (χ3v) is 5.24. The summed E-state index contributed by atoms with van der Waals surface area (Å²) >= 11 is 0. The van der Waals surface area contributed by atoms with Gasteiger partial charge < -0.3 is 4.90 Å². The van der Waals surface area contributed by atoms with Crippen LogP contribution in [0.15, 0.2) is 61.1 Å². The minimum Gasteiger partial charge on any atom is -0.342 e. The van der Waals surface area contributed by atoms with Crippen LogP contribution in [0.25, 0.3) is 11.3 Å². The average Bonchev–Trinajstić information content (AvgIpc) is 2.74. The number of aromatic nitrogens is 3. The Bertz CT molecular complexity index is 958. The van der Waals surface area contributed by atoms with Crippen molar-refractivity contribution in [3.63, 3.8) is 0 Å². The van der Waals surface area contributed by atoms with Gasteiger partial charge in [0.1, 0.15) is 0 Å². The molecule has 0 radical (unpaired) electrons. The summed E-state index contributed by atoms with van der Waals surface area (Å²) in [7, 11) is 0. The molecule has 1 atom stereocenters. The first kappa shape index (κ1) is 18.3. The van der Waals surface area contributed by atoms with E-state index in [2.05, 4.69) is 40.1 Å². The van der Waals surface area contributed by atoms with Crippen molar-refractivity contribution >= 4 is 5.91 Å². The Kier molecular flexibility index (Phi) is 5.42. The third kappa shape index (κ3) is 4.09. The third-order valence-electron chi connectivity index (χ3n) is 5.24. The molecule has 1 amide bonds. The maximum Gasteiger partial charge on any atom is 0.228 e. The number of carbonyl (C=O) groups is 1. The molecular weight excluding hydrogens is 348 g/mol. The van der Waals surface area contributed by atoms with E-state index in [1.165, 1.54) is 5.56 Å². The number of hydrogen-bond acceptors (Lipinski definition) is 4. The minimum atomic E-state index is 0.129. The van der Waals surface area contributed by atoms with E-state index in [1.807, 2.05) is 29.2 Å². The maximum atomic E-state index is 12.8. The van der Waals surface area contributed by atoms with E-state index in [4.69, 9.17) is 0 Å². The van der Waals surface area contributed by atoms with E-state index in [-0.39, 0.29) is 11.8 Å². The first-order chi connectivity index (χ1) is 13.7. The van der Waals surface area contributed by atoms with Crippen molar-refractivity contribution in [1.29, 1.82) is 0 Å². The van der Waals surface area contributed by atoms with Crippen molar-refractivity contribution in [3.05, 3.63) is 78.0 Å². The molecule has 1 aromatic carbocycles. The molecule has 0 spiro atoms. The molecule has 1 aliphatic heterocycles. The van der Waals surface area contributed by atoms with E-state index in [0.29, 0.717) is 13.0 Å². The zero-order valence-electron chi connectivity index (χ0n) is 16.1. The zero-order valence-corrected chi connectivity index (χ0v) is 16.1. The van der Waals surface area contributed by atoms with Crippen LogP contribution in [0.3, 0.4) is 0 Å². The Morgan fingerprint density at radius 1 is 1.07 bits per heavy atom. The van der Waals surface area contributed by atoms with Crippen LogP contribution in [0.4, 0.5) is 0 Å². The lowest BCUT2D eigenvalue weighted by atomic mass is 9.91. The molecule has 0 unspecified atom stereocenters. The van der Waals surface area contributed by atoms with Gasteiger partial charge in [0, 0.05) is 48.9 Å². The summed E-state index contributed by atoms with van der Waals surface area (Å²) in [5, 5.41) is 0. The number of amides is 1. The van der Waals surface area contributed by atoms with Gasteiger partial charge in [-0.1, -0.05) is 29.8 Å². The van der Waals surface area contributed by atoms with Crippen molar-refractivity contribution in [2.24, 2.45) is 0 Å². The number of rotatable bonds is 4. The van der Waals surface area contributed by atoms with Crippen LogP contribution in [-0.4, -0.2) is 38.8 Å². The molecule has 142 valence electrons. The molecule has 1 aliphatic rings. The lowest BCUT2D eigenvalue weighted by Crippen LogP contribution is -2.40. The zero-order chi connectivity index (χ0) is 19.3. The topological polar surface area (TPSA) is 59.0 Å².